The van der Waals surface area contributed by atoms with Crippen LogP contribution >= 0.6 is 0 Å². The average molecular weight is 825 g/mol. The third-order valence-electron chi connectivity index (χ3n) is 9.95. The molecule has 2 saturated heterocycles. The van der Waals surface area contributed by atoms with Gasteiger partial charge >= 0.3 is 317 Å². The Labute approximate surface area is 321 Å². The summed E-state index contributed by atoms with van der Waals surface area (Å²) in [6, 6.07) is 20.4. The van der Waals surface area contributed by atoms with Crippen LogP contribution in [0.3, 0.4) is 0 Å². The van der Waals surface area contributed by atoms with Crippen LogP contribution in [-0.2, 0) is 25.9 Å². The molecule has 2 fully saturated rings. The number of amides is 1. The first kappa shape index (κ1) is 39.5. The van der Waals surface area contributed by atoms with Gasteiger partial charge in [-0.2, -0.15) is 0 Å². The molecule has 16 heteroatoms. The first-order chi connectivity index (χ1) is 25.9. The fraction of sp³-hybridized carbons (Fsp3) is 0.447. The van der Waals surface area contributed by atoms with Crippen LogP contribution in [0.1, 0.15) is 32.3 Å². The number of hydrogen-bond donors (Lipinski definition) is 3. The van der Waals surface area contributed by atoms with Gasteiger partial charge in [0, 0.05) is 0 Å². The molecule has 3 aromatic carbocycles. The zero-order valence-corrected chi connectivity index (χ0v) is 33.0. The van der Waals surface area contributed by atoms with E-state index in [2.05, 4.69) is 10.3 Å². The molecular formula is C38H45AsN4O10S. The number of carbonyl (C=O) groups is 1. The van der Waals surface area contributed by atoms with Gasteiger partial charge in [-0.3, -0.25) is 0 Å². The molecule has 3 aliphatic heterocycles. The van der Waals surface area contributed by atoms with Crippen LogP contribution in [0.2, 0.25) is 5.21 Å². The van der Waals surface area contributed by atoms with Gasteiger partial charge in [-0.15, -0.1) is 0 Å². The van der Waals surface area contributed by atoms with E-state index in [0.29, 0.717) is 40.8 Å². The number of carboxylic acid groups (broad SMARTS) is 1. The Kier molecular flexibility index (Phi) is 12.8. The van der Waals surface area contributed by atoms with E-state index in [1.807, 2.05) is 68.6 Å². The number of fused-ring (bicyclic) bond motifs is 2. The van der Waals surface area contributed by atoms with Gasteiger partial charge in [0.05, 0.1) is 0 Å². The van der Waals surface area contributed by atoms with Gasteiger partial charge in [0.1, 0.15) is 0 Å². The number of rotatable bonds is 16. The third-order valence-corrected chi connectivity index (χ3v) is 13.9. The summed E-state index contributed by atoms with van der Waals surface area (Å²) >= 11 is -1.06. The molecule has 0 aliphatic carbocycles. The molecule has 3 heterocycles. The average Bonchev–Trinajstić information content (AvgIpc) is 3.90. The molecule has 14 nitrogen and oxygen atoms in total. The fourth-order valence-electron chi connectivity index (χ4n) is 7.28. The number of para-hydroxylation sites is 1. The van der Waals surface area contributed by atoms with E-state index in [1.54, 1.807) is 18.2 Å². The minimum atomic E-state index is -4.41. The molecule has 2 unspecified atom stereocenters. The Balaban J connectivity index is 1.36. The summed E-state index contributed by atoms with van der Waals surface area (Å²) in [4.78, 5) is 16.1. The van der Waals surface area contributed by atoms with Gasteiger partial charge in [-0.1, -0.05) is 6.07 Å². The van der Waals surface area contributed by atoms with Gasteiger partial charge in [-0.05, 0) is 0 Å². The summed E-state index contributed by atoms with van der Waals surface area (Å²) in [5.41, 5.74) is 0.0802. The van der Waals surface area contributed by atoms with Crippen molar-refractivity contribution in [1.29, 1.82) is 5.26 Å². The summed E-state index contributed by atoms with van der Waals surface area (Å²) in [6.45, 7) is 4.34. The van der Waals surface area contributed by atoms with Crippen molar-refractivity contribution in [3.8, 4) is 23.4 Å². The molecule has 0 spiro atoms. The van der Waals surface area contributed by atoms with Crippen LogP contribution in [0.4, 0.5) is 4.79 Å². The molecule has 0 bridgehead atoms. The summed E-state index contributed by atoms with van der Waals surface area (Å²) < 4.78 is 60.8. The predicted octanol–water partition coefficient (Wildman–Crippen LogP) is 4.21. The number of ether oxygens (including phenoxy) is 5. The molecule has 1 amide bonds. The van der Waals surface area contributed by atoms with Crippen molar-refractivity contribution in [2.75, 3.05) is 26.6 Å². The second-order valence-electron chi connectivity index (χ2n) is 14.3. The molecule has 3 N–H and O–H groups in total. The van der Waals surface area contributed by atoms with Crippen LogP contribution in [-0.4, -0.2) is 100 Å². The third kappa shape index (κ3) is 9.55. The van der Waals surface area contributed by atoms with E-state index in [-0.39, 0.29) is 42.9 Å². The van der Waals surface area contributed by atoms with Crippen LogP contribution in [0.5, 0.6) is 17.2 Å². The number of aliphatic imine (C=N–C) groups is 1. The van der Waals surface area contributed by atoms with Crippen molar-refractivity contribution < 1.29 is 47.1 Å². The fourth-order valence-corrected chi connectivity index (χ4v) is 12.0. The summed E-state index contributed by atoms with van der Waals surface area (Å²) in [6.07, 6.45) is -0.361. The molecule has 6 rings (SSSR count). The zero-order chi connectivity index (χ0) is 38.3. The SMILES string of the molecule is CC(C)(CC[AsH]C(=NC#N)Oc1ccccc1)CN(C([C@H](O)[C@H](Cc1ccccc1)NC(=O)O)[C@@H]1CO[C@H]2OCC[C@H]21)S(=O)(=O)c1ccc2c(c1)OCO2. The molecule has 0 radical (unpaired) electrons. The molecule has 0 aromatic heterocycles. The van der Waals surface area contributed by atoms with Gasteiger partial charge in [0.15, 0.2) is 0 Å². The van der Waals surface area contributed by atoms with Gasteiger partial charge in [0.2, 0.25) is 0 Å². The second-order valence-corrected chi connectivity index (χ2v) is 18.8. The minimum absolute atomic E-state index is 0.0399. The Bertz CT molecular complexity index is 1930. The van der Waals surface area contributed by atoms with Crippen LogP contribution in [0.15, 0.2) is 88.8 Å². The second kappa shape index (κ2) is 17.5. The van der Waals surface area contributed by atoms with Gasteiger partial charge < -0.3 is 0 Å². The normalized spacial score (nSPS) is 21.5. The number of nitrogens with one attached hydrogen (secondary N) is 1. The van der Waals surface area contributed by atoms with Crippen molar-refractivity contribution in [3.05, 3.63) is 84.4 Å². The van der Waals surface area contributed by atoms with Crippen molar-refractivity contribution in [3.63, 3.8) is 0 Å². The maximum absolute atomic E-state index is 15.1. The number of sulfonamides is 1. The van der Waals surface area contributed by atoms with E-state index < -0.39 is 67.7 Å². The van der Waals surface area contributed by atoms with Crippen molar-refractivity contribution in [2.24, 2.45) is 22.2 Å². The topological polar surface area (TPSA) is 189 Å². The molecule has 0 saturated carbocycles. The van der Waals surface area contributed by atoms with Crippen LogP contribution < -0.4 is 19.5 Å². The Morgan fingerprint density at radius 2 is 1.81 bits per heavy atom. The van der Waals surface area contributed by atoms with Gasteiger partial charge in [-0.25, -0.2) is 0 Å². The predicted molar refractivity (Wildman–Crippen MR) is 199 cm³/mol. The van der Waals surface area contributed by atoms with Crippen LogP contribution in [0, 0.1) is 28.7 Å². The summed E-state index contributed by atoms with van der Waals surface area (Å²) in [7, 11) is -4.41. The summed E-state index contributed by atoms with van der Waals surface area (Å²) in [5, 5.41) is 35.0. The number of hydrogen-bond acceptors (Lipinski definition) is 11. The number of aliphatic hydroxyl groups is 1. The molecule has 54 heavy (non-hydrogen) atoms. The van der Waals surface area contributed by atoms with Gasteiger partial charge in [0.25, 0.3) is 0 Å². The zero-order valence-electron chi connectivity index (χ0n) is 30.0. The first-order valence-corrected chi connectivity index (χ1v) is 21.7. The van der Waals surface area contributed by atoms with Crippen molar-refractivity contribution >= 4 is 36.6 Å². The Morgan fingerprint density at radius 1 is 1.09 bits per heavy atom. The van der Waals surface area contributed by atoms with E-state index in [0.717, 1.165) is 5.56 Å². The number of nitriles is 1. The van der Waals surface area contributed by atoms with E-state index >= 15 is 8.42 Å². The van der Waals surface area contributed by atoms with Crippen LogP contribution in [0.25, 0.3) is 0 Å². The molecular weight excluding hydrogens is 779 g/mol. The maximum atomic E-state index is 15.1. The standard InChI is InChI=1S/C38H45AsN4O10S/c1-38(2,16-17-39-36(41-23-40)53-26-11-7-4-8-12-26)22-43(54(47,48)27-13-14-31-32(20-27)52-24-51-31)33(29-21-50-35-28(29)15-18-49-35)34(44)30(42-37(45)46)19-25-9-5-3-6-10-25/h3-14,20,28-30,33-35,39,42,44H,15-19,21-22,24H2,1-2H3,(H,45,46)/t28-,29+,30-,33?,34+,35+/m0/s1. The van der Waals surface area contributed by atoms with Crippen molar-refractivity contribution in [2.45, 2.75) is 67.7 Å². The monoisotopic (exact) mass is 824 g/mol. The van der Waals surface area contributed by atoms with E-state index in [1.165, 1.54) is 16.4 Å². The molecule has 3 aromatic rings. The molecule has 288 valence electrons. The number of nitrogens with zero attached hydrogens (tertiary/aromatic N) is 3. The van der Waals surface area contributed by atoms with Crippen molar-refractivity contribution in [1.82, 2.24) is 9.62 Å². The number of benzene rings is 3. The Hall–Kier alpha value is -4.16. The summed E-state index contributed by atoms with van der Waals surface area (Å²) in [5.74, 6) is 0.487. The number of aliphatic hydroxyl groups excluding tert-OH is 1. The molecule has 3 aliphatic rings. The van der Waals surface area contributed by atoms with E-state index in [4.69, 9.17) is 23.7 Å². The Morgan fingerprint density at radius 3 is 2.54 bits per heavy atom. The van der Waals surface area contributed by atoms with E-state index in [9.17, 15) is 20.3 Å². The molecule has 7 atom stereocenters. The first-order valence-electron chi connectivity index (χ1n) is 17.7. The quantitative estimate of drug-likeness (QED) is 0.0813.